The summed E-state index contributed by atoms with van der Waals surface area (Å²) in [6.45, 7) is 0. The van der Waals surface area contributed by atoms with Crippen LogP contribution in [0.25, 0.3) is 22.3 Å². The number of alkyl halides is 3. The van der Waals surface area contributed by atoms with Crippen molar-refractivity contribution in [2.75, 3.05) is 7.11 Å². The van der Waals surface area contributed by atoms with Crippen LogP contribution in [0.3, 0.4) is 0 Å². The summed E-state index contributed by atoms with van der Waals surface area (Å²) in [5, 5.41) is 29.8. The predicted octanol–water partition coefficient (Wildman–Crippen LogP) is 4.39. The molecule has 1 saturated heterocycles. The molecule has 6 rings (SSSR count). The Bertz CT molecular complexity index is 1870. The lowest BCUT2D eigenvalue weighted by Crippen LogP contribution is -2.39. The normalized spacial score (nSPS) is 20.8. The maximum atomic E-state index is 13.6. The summed E-state index contributed by atoms with van der Waals surface area (Å²) in [6, 6.07) is 9.43. The van der Waals surface area contributed by atoms with E-state index in [1.807, 2.05) is 0 Å². The number of ether oxygens (including phenoxy) is 3. The molecule has 3 atom stereocenters. The van der Waals surface area contributed by atoms with Crippen LogP contribution in [0.4, 0.5) is 13.2 Å². The van der Waals surface area contributed by atoms with Gasteiger partial charge in [0.2, 0.25) is 0 Å². The van der Waals surface area contributed by atoms with E-state index in [4.69, 9.17) is 18.6 Å². The number of halogens is 3. The minimum Gasteiger partial charge on any atom is -0.508 e. The number of phenols is 3. The highest BCUT2D eigenvalue weighted by Gasteiger charge is 2.50. The lowest BCUT2D eigenvalue weighted by atomic mass is 9.97. The average Bonchev–Trinajstić information content (AvgIpc) is 3.32. The van der Waals surface area contributed by atoms with Gasteiger partial charge in [0.25, 0.3) is 0 Å². The number of aromatic hydroxyl groups is 3. The van der Waals surface area contributed by atoms with Gasteiger partial charge >= 0.3 is 12.1 Å². The van der Waals surface area contributed by atoms with Gasteiger partial charge in [0.15, 0.2) is 46.7 Å². The molecule has 3 unspecified atom stereocenters. The molecule has 43 heavy (non-hydrogen) atoms. The minimum atomic E-state index is -4.85. The van der Waals surface area contributed by atoms with E-state index in [1.54, 1.807) is 5.48 Å². The van der Waals surface area contributed by atoms with Crippen LogP contribution in [0.5, 0.6) is 34.5 Å². The molecular weight excluding hydrogens is 579 g/mol. The van der Waals surface area contributed by atoms with E-state index in [9.17, 15) is 38.1 Å². The van der Waals surface area contributed by atoms with Crippen LogP contribution in [-0.2, 0) is 9.63 Å². The van der Waals surface area contributed by atoms with Crippen LogP contribution in [-0.4, -0.2) is 46.7 Å². The maximum absolute atomic E-state index is 13.6. The summed E-state index contributed by atoms with van der Waals surface area (Å²) in [5.74, 6) is -1.94. The Hall–Kier alpha value is -5.37. The van der Waals surface area contributed by atoms with Crippen LogP contribution < -0.4 is 25.1 Å². The van der Waals surface area contributed by atoms with Crippen molar-refractivity contribution in [3.05, 3.63) is 82.0 Å². The van der Waals surface area contributed by atoms with Gasteiger partial charge < -0.3 is 38.8 Å². The van der Waals surface area contributed by atoms with E-state index in [-0.39, 0.29) is 45.5 Å². The second-order valence-corrected chi connectivity index (χ2v) is 9.63. The first-order chi connectivity index (χ1) is 20.4. The van der Waals surface area contributed by atoms with E-state index < -0.39 is 47.1 Å². The Kier molecular flexibility index (Phi) is 6.57. The molecule has 3 heterocycles. The molecule has 0 spiro atoms. The third-order valence-corrected chi connectivity index (χ3v) is 6.86. The fourth-order valence-corrected chi connectivity index (χ4v) is 4.85. The SMILES string of the molecule is COc1cc(C2Oc3cc(-c4cc(=O)c5c(O)cc(O)cc5o4)ccc3OC2/C=C2/C(=O)ONC2C(F)(F)F)ccc1O. The number of methoxy groups -OCH3 is 1. The first-order valence-corrected chi connectivity index (χ1v) is 12.5. The van der Waals surface area contributed by atoms with Gasteiger partial charge in [-0.3, -0.25) is 4.79 Å². The van der Waals surface area contributed by atoms with Crippen molar-refractivity contribution in [1.82, 2.24) is 5.48 Å². The highest BCUT2D eigenvalue weighted by Crippen LogP contribution is 2.44. The van der Waals surface area contributed by atoms with Crippen molar-refractivity contribution in [3.63, 3.8) is 0 Å². The van der Waals surface area contributed by atoms with Crippen molar-refractivity contribution >= 4 is 16.9 Å². The molecule has 3 aromatic carbocycles. The van der Waals surface area contributed by atoms with Crippen molar-refractivity contribution in [3.8, 4) is 45.8 Å². The van der Waals surface area contributed by atoms with Crippen LogP contribution in [0.1, 0.15) is 11.7 Å². The van der Waals surface area contributed by atoms with Crippen molar-refractivity contribution in [1.29, 1.82) is 0 Å². The molecular formula is C29H20F3NO10. The van der Waals surface area contributed by atoms with E-state index in [2.05, 4.69) is 4.84 Å². The largest absolute Gasteiger partial charge is 0.508 e. The third-order valence-electron chi connectivity index (χ3n) is 6.86. The molecule has 14 heteroatoms. The summed E-state index contributed by atoms with van der Waals surface area (Å²) in [5.41, 5.74) is 0.922. The molecule has 222 valence electrons. The summed E-state index contributed by atoms with van der Waals surface area (Å²) >= 11 is 0. The Morgan fingerprint density at radius 2 is 1.72 bits per heavy atom. The number of nitrogens with one attached hydrogen (secondary N) is 1. The maximum Gasteiger partial charge on any atom is 0.411 e. The van der Waals surface area contributed by atoms with E-state index >= 15 is 0 Å². The zero-order chi connectivity index (χ0) is 30.6. The molecule has 2 aliphatic rings. The molecule has 11 nitrogen and oxygen atoms in total. The average molecular weight is 599 g/mol. The number of hydrogen-bond donors (Lipinski definition) is 4. The van der Waals surface area contributed by atoms with Crippen molar-refractivity contribution < 1.29 is 56.8 Å². The van der Waals surface area contributed by atoms with Gasteiger partial charge in [0.05, 0.1) is 12.7 Å². The molecule has 0 amide bonds. The van der Waals surface area contributed by atoms with Gasteiger partial charge in [-0.1, -0.05) is 6.07 Å². The Balaban J connectivity index is 1.44. The molecule has 1 fully saturated rings. The van der Waals surface area contributed by atoms with Gasteiger partial charge in [0, 0.05) is 29.3 Å². The topological polar surface area (TPSA) is 157 Å². The smallest absolute Gasteiger partial charge is 0.411 e. The second-order valence-electron chi connectivity index (χ2n) is 9.63. The molecule has 2 aliphatic heterocycles. The lowest BCUT2D eigenvalue weighted by Gasteiger charge is -2.33. The van der Waals surface area contributed by atoms with E-state index in [1.165, 1.54) is 49.6 Å². The molecule has 4 aromatic rings. The number of carbonyl (C=O) groups excluding carboxylic acids is 1. The van der Waals surface area contributed by atoms with Crippen LogP contribution in [0, 0.1) is 0 Å². The van der Waals surface area contributed by atoms with Crippen LogP contribution in [0.2, 0.25) is 0 Å². The standard InChI is InChI=1S/C29H20F3NO10/c1-39-21-7-13(2-4-16(21)35)26-24(10-15-27(29(30,31)32)33-43-28(15)38)40-19-5-3-12(6-22(19)42-26)20-11-18(37)25-17(36)8-14(34)9-23(25)41-20/h2-11,24,26-27,33-36H,1H3/b15-10+. The first kappa shape index (κ1) is 27.8. The summed E-state index contributed by atoms with van der Waals surface area (Å²) < 4.78 is 64.0. The molecule has 0 radical (unpaired) electrons. The summed E-state index contributed by atoms with van der Waals surface area (Å²) in [4.78, 5) is 29.4. The molecule has 0 bridgehead atoms. The number of fused-ring (bicyclic) bond motifs is 2. The van der Waals surface area contributed by atoms with Gasteiger partial charge in [-0.15, -0.1) is 5.48 Å². The van der Waals surface area contributed by atoms with Crippen LogP contribution >= 0.6 is 0 Å². The Labute approximate surface area is 238 Å². The summed E-state index contributed by atoms with van der Waals surface area (Å²) in [7, 11) is 1.31. The fourth-order valence-electron chi connectivity index (χ4n) is 4.85. The number of benzene rings is 3. The number of phenolic OH excluding ortho intramolecular Hbond substituents is 3. The first-order valence-electron chi connectivity index (χ1n) is 12.5. The molecule has 0 saturated carbocycles. The fraction of sp³-hybridized carbons (Fsp3) is 0.172. The van der Waals surface area contributed by atoms with Crippen molar-refractivity contribution in [2.45, 2.75) is 24.4 Å². The molecule has 1 aromatic heterocycles. The predicted molar refractivity (Wildman–Crippen MR) is 141 cm³/mol. The molecule has 0 aliphatic carbocycles. The third kappa shape index (κ3) is 5.01. The minimum absolute atomic E-state index is 0.0478. The number of rotatable bonds is 4. The van der Waals surface area contributed by atoms with Crippen molar-refractivity contribution in [2.24, 2.45) is 0 Å². The Morgan fingerprint density at radius 3 is 2.47 bits per heavy atom. The molecule has 4 N–H and O–H groups in total. The monoisotopic (exact) mass is 599 g/mol. The lowest BCUT2D eigenvalue weighted by molar-refractivity contribution is -0.162. The highest BCUT2D eigenvalue weighted by atomic mass is 19.4. The van der Waals surface area contributed by atoms with Gasteiger partial charge in [-0.25, -0.2) is 4.79 Å². The zero-order valence-corrected chi connectivity index (χ0v) is 21.8. The van der Waals surface area contributed by atoms with Crippen LogP contribution in [0.15, 0.2) is 75.5 Å². The van der Waals surface area contributed by atoms with Gasteiger partial charge in [-0.2, -0.15) is 13.2 Å². The number of hydrogen-bond acceptors (Lipinski definition) is 11. The quantitative estimate of drug-likeness (QED) is 0.247. The van der Waals surface area contributed by atoms with Gasteiger partial charge in [-0.05, 0) is 36.4 Å². The summed E-state index contributed by atoms with van der Waals surface area (Å²) in [6.07, 6.45) is -6.34. The second kappa shape index (κ2) is 10.2. The number of hydroxylamine groups is 1. The van der Waals surface area contributed by atoms with E-state index in [0.717, 1.165) is 18.2 Å². The van der Waals surface area contributed by atoms with Gasteiger partial charge in [0.1, 0.15) is 28.2 Å². The highest BCUT2D eigenvalue weighted by molar-refractivity contribution is 5.92. The van der Waals surface area contributed by atoms with E-state index in [0.29, 0.717) is 11.1 Å². The Morgan fingerprint density at radius 1 is 0.930 bits per heavy atom. The number of carbonyl (C=O) groups is 1. The zero-order valence-electron chi connectivity index (χ0n) is 21.8.